The number of hydrogen-bond donors (Lipinski definition) is 1. The number of aryl methyl sites for hydroxylation is 2. The molecule has 0 aliphatic heterocycles. The van der Waals surface area contributed by atoms with Crippen LogP contribution in [0.1, 0.15) is 35.2 Å². The van der Waals surface area contributed by atoms with Crippen LogP contribution in [0.5, 0.6) is 0 Å². The van der Waals surface area contributed by atoms with Crippen LogP contribution in [0, 0.1) is 6.92 Å². The van der Waals surface area contributed by atoms with Gasteiger partial charge in [0.2, 0.25) is 0 Å². The third-order valence-corrected chi connectivity index (χ3v) is 5.18. The lowest BCUT2D eigenvalue weighted by Crippen LogP contribution is -2.28. The Labute approximate surface area is 168 Å². The lowest BCUT2D eigenvalue weighted by molar-refractivity contribution is -0.144. The molecular formula is C22H22ClF3N2. The standard InChI is InChI=1S/C22H22ClF3N2/c1-3-16-6-8-19(13-18(16)14-28-10-4-5-11-28)27-21(22(24,25)26)17-7-9-20(23)15(2)12-17/h4-13,21,27H,3,14H2,1-2H3/t21-/m0/s1. The van der Waals surface area contributed by atoms with E-state index in [9.17, 15) is 13.2 Å². The highest BCUT2D eigenvalue weighted by Crippen LogP contribution is 2.37. The van der Waals surface area contributed by atoms with Gasteiger partial charge >= 0.3 is 6.18 Å². The van der Waals surface area contributed by atoms with E-state index in [1.54, 1.807) is 19.1 Å². The summed E-state index contributed by atoms with van der Waals surface area (Å²) < 4.78 is 43.3. The summed E-state index contributed by atoms with van der Waals surface area (Å²) in [6.45, 7) is 4.35. The maximum atomic E-state index is 13.8. The first kappa shape index (κ1) is 20.3. The first-order valence-electron chi connectivity index (χ1n) is 9.09. The molecule has 3 rings (SSSR count). The molecule has 1 N–H and O–H groups in total. The van der Waals surface area contributed by atoms with Gasteiger partial charge in [-0.05, 0) is 65.9 Å². The maximum Gasteiger partial charge on any atom is 0.412 e. The molecule has 1 atom stereocenters. The monoisotopic (exact) mass is 406 g/mol. The summed E-state index contributed by atoms with van der Waals surface area (Å²) in [5.41, 5.74) is 3.31. The Morgan fingerprint density at radius 2 is 1.75 bits per heavy atom. The average Bonchev–Trinajstić information content (AvgIpc) is 3.14. The van der Waals surface area contributed by atoms with Gasteiger partial charge in [-0.1, -0.05) is 36.7 Å². The molecule has 0 fully saturated rings. The molecule has 6 heteroatoms. The topological polar surface area (TPSA) is 17.0 Å². The Bertz CT molecular complexity index is 933. The molecular weight excluding hydrogens is 385 g/mol. The maximum absolute atomic E-state index is 13.8. The zero-order valence-corrected chi connectivity index (χ0v) is 16.5. The van der Waals surface area contributed by atoms with Crippen LogP contribution in [0.15, 0.2) is 60.9 Å². The Kier molecular flexibility index (Phi) is 6.04. The third kappa shape index (κ3) is 4.71. The van der Waals surface area contributed by atoms with Crippen LogP contribution in [-0.4, -0.2) is 10.7 Å². The van der Waals surface area contributed by atoms with Crippen LogP contribution in [0.25, 0.3) is 0 Å². The van der Waals surface area contributed by atoms with Crippen LogP contribution in [-0.2, 0) is 13.0 Å². The number of nitrogens with zero attached hydrogens (tertiary/aromatic N) is 1. The number of nitrogens with one attached hydrogen (secondary N) is 1. The minimum absolute atomic E-state index is 0.140. The van der Waals surface area contributed by atoms with Gasteiger partial charge in [-0.25, -0.2) is 0 Å². The zero-order chi connectivity index (χ0) is 20.3. The van der Waals surface area contributed by atoms with Gasteiger partial charge < -0.3 is 9.88 Å². The quantitative estimate of drug-likeness (QED) is 0.477. The first-order valence-corrected chi connectivity index (χ1v) is 9.47. The Balaban J connectivity index is 1.93. The van der Waals surface area contributed by atoms with E-state index >= 15 is 0 Å². The van der Waals surface area contributed by atoms with Gasteiger partial charge in [0.25, 0.3) is 0 Å². The predicted octanol–water partition coefficient (Wildman–Crippen LogP) is 6.78. The predicted molar refractivity (Wildman–Crippen MR) is 108 cm³/mol. The van der Waals surface area contributed by atoms with Crippen molar-refractivity contribution >= 4 is 17.3 Å². The normalized spacial score (nSPS) is 12.8. The van der Waals surface area contributed by atoms with Crippen molar-refractivity contribution in [2.45, 2.75) is 39.0 Å². The van der Waals surface area contributed by atoms with Crippen molar-refractivity contribution in [1.29, 1.82) is 0 Å². The molecule has 0 unspecified atom stereocenters. The van der Waals surface area contributed by atoms with Gasteiger partial charge in [-0.3, -0.25) is 0 Å². The van der Waals surface area contributed by atoms with Crippen molar-refractivity contribution in [3.63, 3.8) is 0 Å². The van der Waals surface area contributed by atoms with E-state index in [1.807, 2.05) is 42.1 Å². The summed E-state index contributed by atoms with van der Waals surface area (Å²) in [5.74, 6) is 0. The summed E-state index contributed by atoms with van der Waals surface area (Å²) in [4.78, 5) is 0. The van der Waals surface area contributed by atoms with Crippen molar-refractivity contribution < 1.29 is 13.2 Å². The number of anilines is 1. The minimum Gasteiger partial charge on any atom is -0.370 e. The van der Waals surface area contributed by atoms with Crippen LogP contribution in [0.4, 0.5) is 18.9 Å². The number of aromatic nitrogens is 1. The Hall–Kier alpha value is -2.40. The molecule has 148 valence electrons. The van der Waals surface area contributed by atoms with Crippen molar-refractivity contribution in [2.75, 3.05) is 5.32 Å². The second kappa shape index (κ2) is 8.31. The molecule has 2 nitrogen and oxygen atoms in total. The SMILES string of the molecule is CCc1ccc(N[C@@H](c2ccc(Cl)c(C)c2)C(F)(F)F)cc1Cn1cccc1. The van der Waals surface area contributed by atoms with Gasteiger partial charge in [0.1, 0.15) is 6.04 Å². The number of halogens is 4. The lowest BCUT2D eigenvalue weighted by Gasteiger charge is -2.24. The number of hydrogen-bond acceptors (Lipinski definition) is 1. The van der Waals surface area contributed by atoms with E-state index in [2.05, 4.69) is 5.32 Å². The zero-order valence-electron chi connectivity index (χ0n) is 15.7. The molecule has 0 aliphatic rings. The van der Waals surface area contributed by atoms with Crippen LogP contribution in [0.2, 0.25) is 5.02 Å². The van der Waals surface area contributed by atoms with Crippen LogP contribution >= 0.6 is 11.6 Å². The van der Waals surface area contributed by atoms with Gasteiger partial charge in [0.15, 0.2) is 0 Å². The number of alkyl halides is 3. The van der Waals surface area contributed by atoms with Crippen molar-refractivity contribution in [1.82, 2.24) is 4.57 Å². The van der Waals surface area contributed by atoms with Crippen molar-refractivity contribution in [2.24, 2.45) is 0 Å². The van der Waals surface area contributed by atoms with E-state index in [0.29, 0.717) is 22.8 Å². The summed E-state index contributed by atoms with van der Waals surface area (Å²) >= 11 is 5.98. The highest BCUT2D eigenvalue weighted by Gasteiger charge is 2.41. The van der Waals surface area contributed by atoms with E-state index < -0.39 is 12.2 Å². The molecule has 0 amide bonds. The lowest BCUT2D eigenvalue weighted by atomic mass is 10.0. The smallest absolute Gasteiger partial charge is 0.370 e. The summed E-state index contributed by atoms with van der Waals surface area (Å²) in [6, 6.07) is 11.9. The third-order valence-electron chi connectivity index (χ3n) is 4.76. The molecule has 3 aromatic rings. The number of benzene rings is 2. The van der Waals surface area contributed by atoms with Gasteiger partial charge in [0, 0.05) is 29.6 Å². The second-order valence-electron chi connectivity index (χ2n) is 6.82. The number of rotatable bonds is 6. The first-order chi connectivity index (χ1) is 13.3. The summed E-state index contributed by atoms with van der Waals surface area (Å²) in [7, 11) is 0. The molecule has 0 spiro atoms. The Morgan fingerprint density at radius 3 is 2.36 bits per heavy atom. The molecule has 1 heterocycles. The van der Waals surface area contributed by atoms with E-state index in [0.717, 1.165) is 17.5 Å². The molecule has 0 saturated heterocycles. The summed E-state index contributed by atoms with van der Waals surface area (Å²) in [6.07, 6.45) is 0.253. The fraction of sp³-hybridized carbons (Fsp3) is 0.273. The van der Waals surface area contributed by atoms with E-state index in [4.69, 9.17) is 11.6 Å². The highest BCUT2D eigenvalue weighted by molar-refractivity contribution is 6.31. The summed E-state index contributed by atoms with van der Waals surface area (Å²) in [5, 5.41) is 3.13. The van der Waals surface area contributed by atoms with Crippen LogP contribution in [0.3, 0.4) is 0 Å². The van der Waals surface area contributed by atoms with Gasteiger partial charge in [-0.2, -0.15) is 13.2 Å². The molecule has 2 aromatic carbocycles. The van der Waals surface area contributed by atoms with Crippen molar-refractivity contribution in [3.8, 4) is 0 Å². The average molecular weight is 407 g/mol. The second-order valence-corrected chi connectivity index (χ2v) is 7.23. The van der Waals surface area contributed by atoms with E-state index in [-0.39, 0.29) is 5.56 Å². The van der Waals surface area contributed by atoms with Gasteiger partial charge in [-0.15, -0.1) is 0 Å². The molecule has 0 aliphatic carbocycles. The van der Waals surface area contributed by atoms with Gasteiger partial charge in [0.05, 0.1) is 0 Å². The fourth-order valence-electron chi connectivity index (χ4n) is 3.25. The highest BCUT2D eigenvalue weighted by atomic mass is 35.5. The van der Waals surface area contributed by atoms with Crippen LogP contribution < -0.4 is 5.32 Å². The Morgan fingerprint density at radius 1 is 1.04 bits per heavy atom. The molecule has 0 bridgehead atoms. The molecule has 0 saturated carbocycles. The fourth-order valence-corrected chi connectivity index (χ4v) is 3.37. The van der Waals surface area contributed by atoms with E-state index in [1.165, 1.54) is 18.2 Å². The largest absolute Gasteiger partial charge is 0.412 e. The molecule has 0 radical (unpaired) electrons. The molecule has 28 heavy (non-hydrogen) atoms. The van der Waals surface area contributed by atoms with Crippen molar-refractivity contribution in [3.05, 3.63) is 88.2 Å². The molecule has 1 aromatic heterocycles. The minimum atomic E-state index is -4.44.